The van der Waals surface area contributed by atoms with E-state index in [1.54, 1.807) is 36.4 Å². The number of nitrogens with one attached hydrogen (secondary N) is 1. The number of rotatable bonds is 6. The van der Waals surface area contributed by atoms with E-state index in [1.807, 2.05) is 19.9 Å². The Balaban J connectivity index is 1.88. The molecule has 0 bridgehead atoms. The van der Waals surface area contributed by atoms with Crippen LogP contribution in [0.4, 0.5) is 0 Å². The van der Waals surface area contributed by atoms with Crippen molar-refractivity contribution in [3.63, 3.8) is 0 Å². The van der Waals surface area contributed by atoms with Gasteiger partial charge in [0.2, 0.25) is 5.78 Å². The molecule has 0 spiro atoms. The first-order valence-corrected chi connectivity index (χ1v) is 8.50. The highest BCUT2D eigenvalue weighted by atomic mass is 35.5. The van der Waals surface area contributed by atoms with Crippen LogP contribution >= 0.6 is 11.6 Å². The smallest absolute Gasteiger partial charge is 0.326 e. The van der Waals surface area contributed by atoms with E-state index in [-0.39, 0.29) is 12.3 Å². The van der Waals surface area contributed by atoms with E-state index >= 15 is 0 Å². The quantitative estimate of drug-likeness (QED) is 0.621. The first kappa shape index (κ1) is 19.7. The molecule has 0 aliphatic heterocycles. The number of Topliss-reactive ketones (excluding diaryl/α,β-unsaturated/α-hetero) is 1. The molecule has 1 amide bonds. The Labute approximate surface area is 157 Å². The van der Waals surface area contributed by atoms with Crippen molar-refractivity contribution < 1.29 is 19.1 Å². The van der Waals surface area contributed by atoms with Gasteiger partial charge in [-0.1, -0.05) is 23.7 Å². The number of hydrogen-bond donors (Lipinski definition) is 1. The average Bonchev–Trinajstić information content (AvgIpc) is 2.62. The Morgan fingerprint density at radius 3 is 2.23 bits per heavy atom. The lowest BCUT2D eigenvalue weighted by molar-refractivity contribution is -0.145. The zero-order valence-corrected chi connectivity index (χ0v) is 15.6. The lowest BCUT2D eigenvalue weighted by Gasteiger charge is -2.13. The summed E-state index contributed by atoms with van der Waals surface area (Å²) in [5, 5.41) is 2.96. The molecule has 2 aromatic carbocycles. The fraction of sp³-hybridized carbons (Fsp3) is 0.250. The number of amides is 1. The summed E-state index contributed by atoms with van der Waals surface area (Å²) in [6.45, 7) is 5.05. The monoisotopic (exact) mass is 373 g/mol. The van der Waals surface area contributed by atoms with Crippen LogP contribution in [0.5, 0.6) is 0 Å². The third-order valence-electron chi connectivity index (χ3n) is 3.97. The van der Waals surface area contributed by atoms with E-state index in [1.165, 1.54) is 6.92 Å². The number of halogens is 1. The maximum atomic E-state index is 12.4. The van der Waals surface area contributed by atoms with Crippen LogP contribution < -0.4 is 5.32 Å². The summed E-state index contributed by atoms with van der Waals surface area (Å²) < 4.78 is 5.12. The maximum Gasteiger partial charge on any atom is 0.326 e. The lowest BCUT2D eigenvalue weighted by atomic mass is 10.0. The van der Waals surface area contributed by atoms with Crippen LogP contribution in [0.25, 0.3) is 0 Å². The molecule has 6 heteroatoms. The Bertz CT molecular complexity index is 830. The largest absolute Gasteiger partial charge is 0.453 e. The van der Waals surface area contributed by atoms with Gasteiger partial charge in [0.15, 0.2) is 6.10 Å². The average molecular weight is 374 g/mol. The van der Waals surface area contributed by atoms with E-state index in [4.69, 9.17) is 16.3 Å². The number of esters is 1. The van der Waals surface area contributed by atoms with Crippen molar-refractivity contribution in [3.05, 3.63) is 69.7 Å². The number of hydrogen-bond acceptors (Lipinski definition) is 4. The molecule has 5 nitrogen and oxygen atoms in total. The van der Waals surface area contributed by atoms with E-state index < -0.39 is 18.0 Å². The molecule has 0 heterocycles. The normalized spacial score (nSPS) is 11.5. The van der Waals surface area contributed by atoms with Gasteiger partial charge in [-0.05, 0) is 62.2 Å². The summed E-state index contributed by atoms with van der Waals surface area (Å²) >= 11 is 5.76. The molecule has 0 aromatic heterocycles. The van der Waals surface area contributed by atoms with Crippen LogP contribution in [-0.4, -0.2) is 30.3 Å². The van der Waals surface area contributed by atoms with Crippen LogP contribution in [0.1, 0.15) is 38.8 Å². The van der Waals surface area contributed by atoms with E-state index in [0.717, 1.165) is 11.1 Å². The molecule has 0 fully saturated rings. The third kappa shape index (κ3) is 5.17. The zero-order valence-electron chi connectivity index (χ0n) is 14.8. The van der Waals surface area contributed by atoms with Gasteiger partial charge in [0.05, 0.1) is 0 Å². The van der Waals surface area contributed by atoms with E-state index in [9.17, 15) is 14.4 Å². The van der Waals surface area contributed by atoms with E-state index in [0.29, 0.717) is 16.1 Å². The summed E-state index contributed by atoms with van der Waals surface area (Å²) in [4.78, 5) is 36.2. The second-order valence-electron chi connectivity index (χ2n) is 5.98. The van der Waals surface area contributed by atoms with Gasteiger partial charge >= 0.3 is 5.97 Å². The Hall–Kier alpha value is -2.66. The van der Waals surface area contributed by atoms with Gasteiger partial charge < -0.3 is 10.1 Å². The lowest BCUT2D eigenvalue weighted by Crippen LogP contribution is -2.34. The van der Waals surface area contributed by atoms with Crippen LogP contribution in [0.15, 0.2) is 42.5 Å². The topological polar surface area (TPSA) is 72.5 Å². The summed E-state index contributed by atoms with van der Waals surface area (Å²) in [6.07, 6.45) is -0.933. The summed E-state index contributed by atoms with van der Waals surface area (Å²) in [5.41, 5.74) is 2.93. The molecule has 1 N–H and O–H groups in total. The van der Waals surface area contributed by atoms with Gasteiger partial charge in [-0.3, -0.25) is 14.4 Å². The van der Waals surface area contributed by atoms with Crippen LogP contribution in [0.2, 0.25) is 5.02 Å². The first-order chi connectivity index (χ1) is 12.3. The predicted molar refractivity (Wildman–Crippen MR) is 99.6 cm³/mol. The van der Waals surface area contributed by atoms with Crippen molar-refractivity contribution in [3.8, 4) is 0 Å². The number of aryl methyl sites for hydroxylation is 2. The number of ketones is 1. The van der Waals surface area contributed by atoms with Crippen molar-refractivity contribution in [1.82, 2.24) is 5.32 Å². The minimum absolute atomic E-state index is 0.287. The molecule has 0 radical (unpaired) electrons. The standard InChI is InChI=1S/C20H20ClNO4/c1-12-4-5-16(10-13(12)2)19(24)14(3)26-18(23)11-22-20(25)15-6-8-17(21)9-7-15/h4-10,14H,11H2,1-3H3,(H,22,25). The minimum atomic E-state index is -0.933. The van der Waals surface area contributed by atoms with Crippen molar-refractivity contribution in [2.24, 2.45) is 0 Å². The van der Waals surface area contributed by atoms with Crippen LogP contribution in [0.3, 0.4) is 0 Å². The Kier molecular flexibility index (Phi) is 6.52. The fourth-order valence-corrected chi connectivity index (χ4v) is 2.40. The number of ether oxygens (including phenoxy) is 1. The van der Waals surface area contributed by atoms with Gasteiger partial charge in [-0.15, -0.1) is 0 Å². The maximum absolute atomic E-state index is 12.4. The molecule has 1 atom stereocenters. The second-order valence-corrected chi connectivity index (χ2v) is 6.42. The zero-order chi connectivity index (χ0) is 19.3. The van der Waals surface area contributed by atoms with Gasteiger partial charge in [0.25, 0.3) is 5.91 Å². The number of carbonyl (C=O) groups is 3. The Morgan fingerprint density at radius 1 is 1.00 bits per heavy atom. The van der Waals surface area contributed by atoms with Crippen LogP contribution in [0, 0.1) is 13.8 Å². The van der Waals surface area contributed by atoms with Crippen molar-refractivity contribution >= 4 is 29.3 Å². The molecule has 0 aliphatic carbocycles. The van der Waals surface area contributed by atoms with Crippen molar-refractivity contribution in [1.29, 1.82) is 0 Å². The highest BCUT2D eigenvalue weighted by Gasteiger charge is 2.20. The minimum Gasteiger partial charge on any atom is -0.453 e. The molecule has 0 saturated carbocycles. The summed E-state index contributed by atoms with van der Waals surface area (Å²) in [7, 11) is 0. The second kappa shape index (κ2) is 8.63. The van der Waals surface area contributed by atoms with Crippen LogP contribution in [-0.2, 0) is 9.53 Å². The van der Waals surface area contributed by atoms with Gasteiger partial charge in [0.1, 0.15) is 6.54 Å². The first-order valence-electron chi connectivity index (χ1n) is 8.12. The highest BCUT2D eigenvalue weighted by Crippen LogP contribution is 2.13. The van der Waals surface area contributed by atoms with Gasteiger partial charge in [-0.2, -0.15) is 0 Å². The molecule has 2 aromatic rings. The van der Waals surface area contributed by atoms with Gasteiger partial charge in [-0.25, -0.2) is 0 Å². The predicted octanol–water partition coefficient (Wildman–Crippen LogP) is 3.50. The molecule has 0 aliphatic rings. The Morgan fingerprint density at radius 2 is 1.62 bits per heavy atom. The molecule has 0 saturated heterocycles. The summed E-state index contributed by atoms with van der Waals surface area (Å²) in [5.74, 6) is -1.39. The van der Waals surface area contributed by atoms with Gasteiger partial charge in [0, 0.05) is 16.1 Å². The molecular weight excluding hydrogens is 354 g/mol. The SMILES string of the molecule is Cc1ccc(C(=O)C(C)OC(=O)CNC(=O)c2ccc(Cl)cc2)cc1C. The third-order valence-corrected chi connectivity index (χ3v) is 4.22. The number of benzene rings is 2. The molecule has 136 valence electrons. The molecular formula is C20H20ClNO4. The van der Waals surface area contributed by atoms with E-state index in [2.05, 4.69) is 5.32 Å². The molecule has 2 rings (SSSR count). The molecule has 26 heavy (non-hydrogen) atoms. The molecule has 1 unspecified atom stereocenters. The number of carbonyl (C=O) groups excluding carboxylic acids is 3. The fourth-order valence-electron chi connectivity index (χ4n) is 2.28. The van der Waals surface area contributed by atoms with Crippen molar-refractivity contribution in [2.45, 2.75) is 26.9 Å². The summed E-state index contributed by atoms with van der Waals surface area (Å²) in [6, 6.07) is 11.6. The van der Waals surface area contributed by atoms with Crippen molar-refractivity contribution in [2.75, 3.05) is 6.54 Å². The highest BCUT2D eigenvalue weighted by molar-refractivity contribution is 6.30.